The van der Waals surface area contributed by atoms with E-state index in [2.05, 4.69) is 41.9 Å². The molecule has 0 aliphatic carbocycles. The fourth-order valence-corrected chi connectivity index (χ4v) is 8.20. The minimum atomic E-state index is -1.61. The number of aliphatic carboxylic acids is 1. The Hall–Kier alpha value is -7.35. The average molecular weight is 1130 g/mol. The maximum atomic E-state index is 14.4. The molecule has 1 aliphatic heterocycles. The number of aliphatic imine (C=N–C) groups is 2. The largest absolute Gasteiger partial charge is 0.493 e. The van der Waals surface area contributed by atoms with Gasteiger partial charge < -0.3 is 102 Å². The molecule has 1 fully saturated rings. The van der Waals surface area contributed by atoms with Crippen LogP contribution in [0.25, 0.3) is 0 Å². The molecule has 80 heavy (non-hydrogen) atoms. The summed E-state index contributed by atoms with van der Waals surface area (Å²) in [5.41, 5.74) is 44.8. The van der Waals surface area contributed by atoms with E-state index in [0.29, 0.717) is 55.7 Å². The van der Waals surface area contributed by atoms with Crippen LogP contribution in [-0.2, 0) is 49.6 Å². The highest BCUT2D eigenvalue weighted by molar-refractivity contribution is 6.40. The number of amides is 8. The van der Waals surface area contributed by atoms with Crippen LogP contribution in [0.4, 0.5) is 0 Å². The Kier molecular flexibility index (Phi) is 32.2. The molecule has 8 amide bonds. The summed E-state index contributed by atoms with van der Waals surface area (Å²) in [4.78, 5) is 131. The van der Waals surface area contributed by atoms with E-state index in [1.807, 2.05) is 0 Å². The molecule has 1 saturated heterocycles. The van der Waals surface area contributed by atoms with Crippen LogP contribution in [0, 0.1) is 0 Å². The lowest BCUT2D eigenvalue weighted by atomic mass is 10.0. The Morgan fingerprint density at radius 1 is 0.750 bits per heavy atom. The second kappa shape index (κ2) is 37.5. The number of aliphatic hydroxyl groups excluding tert-OH is 1. The topological polar surface area (TPSA) is 521 Å². The molecule has 30 nitrogen and oxygen atoms in total. The summed E-state index contributed by atoms with van der Waals surface area (Å²) < 4.78 is 10.8. The third-order valence-corrected chi connectivity index (χ3v) is 12.6. The van der Waals surface area contributed by atoms with Crippen molar-refractivity contribution in [2.24, 2.45) is 55.9 Å². The minimum Gasteiger partial charge on any atom is -0.493 e. The molecule has 1 heterocycles. The first kappa shape index (κ1) is 68.8. The van der Waals surface area contributed by atoms with Gasteiger partial charge in [-0.25, -0.2) is 9.79 Å². The quantitative estimate of drug-likeness (QED) is 0.0127. The van der Waals surface area contributed by atoms with Crippen LogP contribution in [0.1, 0.15) is 89.0 Å². The van der Waals surface area contributed by atoms with E-state index >= 15 is 0 Å². The second-order valence-electron chi connectivity index (χ2n) is 18.7. The average Bonchev–Trinajstić information content (AvgIpc) is 3.98. The number of carboxylic acids is 1. The molecule has 0 spiro atoms. The van der Waals surface area contributed by atoms with Gasteiger partial charge >= 0.3 is 5.97 Å². The Morgan fingerprint density at radius 3 is 1.99 bits per heavy atom. The lowest BCUT2D eigenvalue weighted by Crippen LogP contribution is -2.60. The van der Waals surface area contributed by atoms with Gasteiger partial charge in [0.1, 0.15) is 41.6 Å². The molecule has 1 aromatic rings. The number of hydrogen-bond donors (Lipinski definition) is 16. The van der Waals surface area contributed by atoms with Crippen LogP contribution in [0.2, 0.25) is 0 Å². The molecule has 0 aromatic heterocycles. The predicted octanol–water partition coefficient (Wildman–Crippen LogP) is -5.61. The van der Waals surface area contributed by atoms with Gasteiger partial charge in [-0.2, -0.15) is 0 Å². The highest BCUT2D eigenvalue weighted by atomic mass is 16.5. The number of carbonyl (C=O) groups is 9. The molecule has 0 bridgehead atoms. The first-order chi connectivity index (χ1) is 38.2. The van der Waals surface area contributed by atoms with Gasteiger partial charge in [0.25, 0.3) is 11.8 Å². The van der Waals surface area contributed by atoms with Gasteiger partial charge in [0.15, 0.2) is 17.5 Å². The van der Waals surface area contributed by atoms with E-state index in [1.165, 1.54) is 25.2 Å². The Balaban J connectivity index is 2.43. The van der Waals surface area contributed by atoms with Crippen molar-refractivity contribution in [3.63, 3.8) is 0 Å². The van der Waals surface area contributed by atoms with Gasteiger partial charge in [-0.05, 0) is 121 Å². The first-order valence-electron chi connectivity index (χ1n) is 26.5. The number of carboxylic acid groups (broad SMARTS) is 1. The summed E-state index contributed by atoms with van der Waals surface area (Å²) in [6.45, 7) is -0.316. The normalized spacial score (nSPS) is 15.7. The van der Waals surface area contributed by atoms with Gasteiger partial charge in [0.05, 0.1) is 32.9 Å². The molecule has 1 aliphatic rings. The number of nitrogens with zero attached hydrogens (tertiary/aromatic N) is 3. The van der Waals surface area contributed by atoms with Crippen molar-refractivity contribution in [1.82, 2.24) is 36.8 Å². The highest BCUT2D eigenvalue weighted by Crippen LogP contribution is 2.28. The van der Waals surface area contributed by atoms with E-state index in [0.717, 1.165) is 0 Å². The third kappa shape index (κ3) is 23.9. The van der Waals surface area contributed by atoms with E-state index < -0.39 is 114 Å². The van der Waals surface area contributed by atoms with Crippen LogP contribution in [0.15, 0.2) is 40.0 Å². The minimum absolute atomic E-state index is 0.0185. The zero-order chi connectivity index (χ0) is 59.7. The van der Waals surface area contributed by atoms with Gasteiger partial charge in [0.2, 0.25) is 35.4 Å². The van der Waals surface area contributed by atoms with Crippen molar-refractivity contribution in [2.75, 3.05) is 66.6 Å². The number of hydrogen-bond acceptors (Lipinski definition) is 19. The van der Waals surface area contributed by atoms with Gasteiger partial charge in [-0.15, -0.1) is 0 Å². The number of likely N-dealkylation sites (tertiary alicyclic amines) is 1. The molecule has 24 N–H and O–H groups in total. The predicted molar refractivity (Wildman–Crippen MR) is 296 cm³/mol. The summed E-state index contributed by atoms with van der Waals surface area (Å²) in [6.07, 6.45) is 2.39. The van der Waals surface area contributed by atoms with Gasteiger partial charge in [0, 0.05) is 26.1 Å². The van der Waals surface area contributed by atoms with E-state index in [-0.39, 0.29) is 102 Å². The molecule has 448 valence electrons. The molecule has 30 heteroatoms. The number of benzene rings is 1. The zero-order valence-electron chi connectivity index (χ0n) is 45.8. The third-order valence-electron chi connectivity index (χ3n) is 12.6. The molecular formula is C50H85N17O13. The van der Waals surface area contributed by atoms with E-state index in [9.17, 15) is 53.4 Å². The van der Waals surface area contributed by atoms with Crippen molar-refractivity contribution < 1.29 is 62.8 Å². The number of carbonyl (C=O) groups excluding carboxylic acids is 8. The molecule has 7 atom stereocenters. The fraction of sp³-hybridized carbons (Fsp3) is 0.620. The van der Waals surface area contributed by atoms with Crippen molar-refractivity contribution in [2.45, 2.75) is 132 Å². The molecule has 0 radical (unpaired) electrons. The first-order valence-corrected chi connectivity index (χ1v) is 26.5. The van der Waals surface area contributed by atoms with Crippen LogP contribution in [-0.4, -0.2) is 189 Å². The van der Waals surface area contributed by atoms with Crippen LogP contribution in [0.3, 0.4) is 0 Å². The lowest BCUT2D eigenvalue weighted by molar-refractivity contribution is -0.137. The number of unbranched alkanes of at least 4 members (excludes halogenated alkanes) is 2. The Morgan fingerprint density at radius 2 is 1.38 bits per heavy atom. The molecule has 1 aromatic carbocycles. The standard InChI is InChI=1S/C50H85N17O13/c1-79-38-18-17-29(26-39(38)80-2)25-35(45(73)62-32(12-4-6-20-52)44(72)64-34(49(77)78)15-9-23-59-50(57)58)65-46(74)36-16-10-24-67(36)48(76)33(14-8-22-54)61-40(69)28-60-43(71)31(13-7-21-53)63-47(75)41(37(68)27-55)66-42(70)30(56)11-3-5-19-51/h15,17-18,26,30-32,35-37,41,68H,3-14,16,19-25,27-28,51-56H2,1-2H3,(H,60,71)(H,62,73)(H,63,75)(H,64,72)(H,65,74)(H,66,70)(H,77,78)(H4,57,58,59)/b34-15-,61-33?/t30-,31-,32-,35-,36-,37-,41-/m0/s1. The number of aliphatic hydroxyl groups is 1. The number of guanidine groups is 1. The molecule has 2 rings (SSSR count). The van der Waals surface area contributed by atoms with Crippen molar-refractivity contribution in [3.05, 3.63) is 35.5 Å². The zero-order valence-corrected chi connectivity index (χ0v) is 45.8. The summed E-state index contributed by atoms with van der Waals surface area (Å²) in [5, 5.41) is 35.5. The monoisotopic (exact) mass is 1130 g/mol. The van der Waals surface area contributed by atoms with Crippen molar-refractivity contribution in [1.29, 1.82) is 0 Å². The Labute approximate surface area is 465 Å². The van der Waals surface area contributed by atoms with Crippen molar-refractivity contribution >= 4 is 64.9 Å². The van der Waals surface area contributed by atoms with Crippen LogP contribution >= 0.6 is 0 Å². The second-order valence-corrected chi connectivity index (χ2v) is 18.7. The van der Waals surface area contributed by atoms with Crippen molar-refractivity contribution in [3.8, 4) is 11.5 Å². The van der Waals surface area contributed by atoms with Gasteiger partial charge in [-0.3, -0.25) is 43.3 Å². The molecular weight excluding hydrogens is 1050 g/mol. The molecule has 0 unspecified atom stereocenters. The van der Waals surface area contributed by atoms with Crippen LogP contribution < -0.4 is 87.2 Å². The van der Waals surface area contributed by atoms with Gasteiger partial charge in [-0.1, -0.05) is 18.6 Å². The SMILES string of the molecule is COc1ccc(C[C@H](NC(=O)[C@@H]2CCCN2C(=O)C(CCCN)=NC(=O)CNC(=O)[C@H](CCCN)NC(=O)[C@@H](NC(=O)[C@@H](N)CCCCN)[C@@H](O)CN)C(=O)N[C@@H](CCCCN)C(=O)N/C(=C\CCN=C(N)N)C(=O)O)cc1OC. The summed E-state index contributed by atoms with van der Waals surface area (Å²) in [7, 11) is 2.84. The number of nitrogens with one attached hydrogen (secondary N) is 6. The lowest BCUT2D eigenvalue weighted by Gasteiger charge is -2.28. The number of ether oxygens (including phenoxy) is 2. The smallest absolute Gasteiger partial charge is 0.352 e. The molecule has 0 saturated carbocycles. The summed E-state index contributed by atoms with van der Waals surface area (Å²) in [5.74, 6) is -7.87. The maximum absolute atomic E-state index is 14.4. The van der Waals surface area contributed by atoms with Crippen LogP contribution in [0.5, 0.6) is 11.5 Å². The number of nitrogens with two attached hydrogens (primary N) is 8. The fourth-order valence-electron chi connectivity index (χ4n) is 8.20. The highest BCUT2D eigenvalue weighted by Gasteiger charge is 2.39. The summed E-state index contributed by atoms with van der Waals surface area (Å²) in [6, 6.07) is -3.12. The summed E-state index contributed by atoms with van der Waals surface area (Å²) >= 11 is 0. The maximum Gasteiger partial charge on any atom is 0.352 e. The van der Waals surface area contributed by atoms with E-state index in [1.54, 1.807) is 18.2 Å². The Bertz CT molecular complexity index is 2320. The number of rotatable bonds is 38. The number of methoxy groups -OCH3 is 2. The van der Waals surface area contributed by atoms with E-state index in [4.69, 9.17) is 55.3 Å².